The maximum Gasteiger partial charge on any atom is 0.471 e. The van der Waals surface area contributed by atoms with Crippen LogP contribution in [0.3, 0.4) is 0 Å². The van der Waals surface area contributed by atoms with Crippen LogP contribution in [0, 0.1) is 5.82 Å². The fourth-order valence-electron chi connectivity index (χ4n) is 2.32. The number of pyridine rings is 1. The molecule has 1 aromatic carbocycles. The Morgan fingerprint density at radius 3 is 2.53 bits per heavy atom. The quantitative estimate of drug-likeness (QED) is 0.516. The molecule has 32 heavy (non-hydrogen) atoms. The van der Waals surface area contributed by atoms with Crippen LogP contribution in [-0.4, -0.2) is 29.6 Å². The van der Waals surface area contributed by atoms with E-state index in [4.69, 9.17) is 9.88 Å². The predicted octanol–water partition coefficient (Wildman–Crippen LogP) is 2.36. The maximum absolute atomic E-state index is 14.2. The van der Waals surface area contributed by atoms with Crippen LogP contribution >= 0.6 is 0 Å². The van der Waals surface area contributed by atoms with Crippen LogP contribution in [0.5, 0.6) is 0 Å². The SMILES string of the molecule is NS(=O)(=O)c1ccc(COC(=O)NCc2ccc(-c3noc(C(F)(F)F)n3)cc2F)cn1. The first kappa shape index (κ1) is 23.1. The summed E-state index contributed by atoms with van der Waals surface area (Å²) < 4.78 is 83.1. The monoisotopic (exact) mass is 475 g/mol. The number of carbonyl (C=O) groups excluding carboxylic acids is 1. The molecule has 0 aliphatic rings. The van der Waals surface area contributed by atoms with Gasteiger partial charge in [0.2, 0.25) is 5.82 Å². The Morgan fingerprint density at radius 1 is 1.22 bits per heavy atom. The third-order valence-electron chi connectivity index (χ3n) is 3.86. The average Bonchev–Trinajstić information content (AvgIpc) is 3.22. The molecule has 0 spiro atoms. The number of carbonyl (C=O) groups is 1. The average molecular weight is 475 g/mol. The predicted molar refractivity (Wildman–Crippen MR) is 97.3 cm³/mol. The van der Waals surface area contributed by atoms with Gasteiger partial charge < -0.3 is 14.6 Å². The van der Waals surface area contributed by atoms with Crippen LogP contribution in [-0.2, 0) is 34.1 Å². The van der Waals surface area contributed by atoms with Crippen molar-refractivity contribution in [1.82, 2.24) is 20.4 Å². The van der Waals surface area contributed by atoms with Gasteiger partial charge in [-0.05, 0) is 12.1 Å². The highest BCUT2D eigenvalue weighted by atomic mass is 32.2. The summed E-state index contributed by atoms with van der Waals surface area (Å²) >= 11 is 0. The summed E-state index contributed by atoms with van der Waals surface area (Å²) in [6, 6.07) is 5.87. The Hall–Kier alpha value is -3.59. The van der Waals surface area contributed by atoms with Gasteiger partial charge in [-0.2, -0.15) is 18.2 Å². The van der Waals surface area contributed by atoms with Crippen molar-refractivity contribution in [3.8, 4) is 11.4 Å². The molecule has 0 atom stereocenters. The van der Waals surface area contributed by atoms with Gasteiger partial charge in [0.05, 0.1) is 0 Å². The second kappa shape index (κ2) is 8.88. The highest BCUT2D eigenvalue weighted by Gasteiger charge is 2.38. The van der Waals surface area contributed by atoms with E-state index in [1.165, 1.54) is 18.2 Å². The number of sulfonamides is 1. The lowest BCUT2D eigenvalue weighted by molar-refractivity contribution is -0.159. The minimum absolute atomic E-state index is 0.0180. The number of alkyl carbamates (subject to hydrolysis) is 1. The van der Waals surface area contributed by atoms with E-state index in [0.29, 0.717) is 5.56 Å². The molecule has 0 bridgehead atoms. The Balaban J connectivity index is 1.55. The zero-order valence-corrected chi connectivity index (χ0v) is 16.6. The summed E-state index contributed by atoms with van der Waals surface area (Å²) in [6.45, 7) is -0.530. The molecule has 0 radical (unpaired) electrons. The molecular weight excluding hydrogens is 462 g/mol. The van der Waals surface area contributed by atoms with Gasteiger partial charge in [-0.1, -0.05) is 23.4 Å². The first-order valence-electron chi connectivity index (χ1n) is 8.51. The summed E-state index contributed by atoms with van der Waals surface area (Å²) in [4.78, 5) is 18.6. The lowest BCUT2D eigenvalue weighted by Crippen LogP contribution is -2.24. The molecule has 0 aliphatic carbocycles. The molecule has 10 nitrogen and oxygen atoms in total. The summed E-state index contributed by atoms with van der Waals surface area (Å²) in [7, 11) is -3.95. The molecule has 2 aromatic heterocycles. The number of ether oxygens (including phenoxy) is 1. The zero-order valence-electron chi connectivity index (χ0n) is 15.8. The molecule has 1 amide bonds. The van der Waals surface area contributed by atoms with Gasteiger partial charge in [0.15, 0.2) is 5.03 Å². The number of benzene rings is 1. The van der Waals surface area contributed by atoms with E-state index >= 15 is 0 Å². The Bertz CT molecular complexity index is 1230. The molecule has 0 saturated carbocycles. The molecule has 0 fully saturated rings. The zero-order chi connectivity index (χ0) is 23.5. The molecule has 0 saturated heterocycles. The van der Waals surface area contributed by atoms with Gasteiger partial charge in [0.25, 0.3) is 10.0 Å². The molecule has 3 rings (SSSR count). The second-order valence-electron chi connectivity index (χ2n) is 6.21. The molecule has 2 heterocycles. The number of nitrogens with zero attached hydrogens (tertiary/aromatic N) is 3. The molecule has 3 N–H and O–H groups in total. The van der Waals surface area contributed by atoms with Gasteiger partial charge in [-0.15, -0.1) is 0 Å². The van der Waals surface area contributed by atoms with Gasteiger partial charge in [0.1, 0.15) is 12.4 Å². The number of aromatic nitrogens is 3. The van der Waals surface area contributed by atoms with Crippen LogP contribution < -0.4 is 10.5 Å². The Kier molecular flexibility index (Phi) is 6.40. The molecule has 3 aromatic rings. The van der Waals surface area contributed by atoms with E-state index in [-0.39, 0.29) is 29.3 Å². The fraction of sp³-hybridized carbons (Fsp3) is 0.176. The standard InChI is InChI=1S/C17H13F4N5O5S/c18-12-5-10(14-25-15(31-26-14)17(19,20)21)2-3-11(12)7-24-16(27)30-8-9-1-4-13(23-6-9)32(22,28)29/h1-6H,7-8H2,(H,24,27)(H2,22,28,29). The summed E-state index contributed by atoms with van der Waals surface area (Å²) in [6.07, 6.45) is -4.57. The first-order chi connectivity index (χ1) is 14.9. The van der Waals surface area contributed by atoms with Crippen molar-refractivity contribution in [3.05, 3.63) is 59.4 Å². The Morgan fingerprint density at radius 2 is 1.97 bits per heavy atom. The lowest BCUT2D eigenvalue weighted by atomic mass is 10.1. The summed E-state index contributed by atoms with van der Waals surface area (Å²) in [5.41, 5.74) is 0.342. The van der Waals surface area contributed by atoms with Gasteiger partial charge in [-0.3, -0.25) is 0 Å². The second-order valence-corrected chi connectivity index (χ2v) is 7.71. The van der Waals surface area contributed by atoms with Crippen molar-refractivity contribution in [1.29, 1.82) is 0 Å². The number of nitrogens with two attached hydrogens (primary N) is 1. The minimum atomic E-state index is -4.83. The van der Waals surface area contributed by atoms with E-state index in [2.05, 4.69) is 25.0 Å². The number of primary sulfonamides is 1. The van der Waals surface area contributed by atoms with Crippen molar-refractivity contribution in [2.75, 3.05) is 0 Å². The van der Waals surface area contributed by atoms with Crippen LogP contribution in [0.2, 0.25) is 0 Å². The smallest absolute Gasteiger partial charge is 0.445 e. The molecule has 170 valence electrons. The van der Waals surface area contributed by atoms with Gasteiger partial charge >= 0.3 is 18.2 Å². The Labute approximate surface area is 177 Å². The third kappa shape index (κ3) is 5.76. The van der Waals surface area contributed by atoms with Crippen LogP contribution in [0.25, 0.3) is 11.4 Å². The fourth-order valence-corrected chi connectivity index (χ4v) is 2.77. The lowest BCUT2D eigenvalue weighted by Gasteiger charge is -2.08. The molecule has 0 aliphatic heterocycles. The van der Waals surface area contributed by atoms with Gasteiger partial charge in [-0.25, -0.2) is 27.7 Å². The normalized spacial score (nSPS) is 11.9. The number of rotatable bonds is 6. The van der Waals surface area contributed by atoms with Crippen LogP contribution in [0.1, 0.15) is 17.0 Å². The third-order valence-corrected chi connectivity index (χ3v) is 4.69. The topological polar surface area (TPSA) is 150 Å². The number of alkyl halides is 3. The number of amides is 1. The van der Waals surface area contributed by atoms with Crippen molar-refractivity contribution >= 4 is 16.1 Å². The minimum Gasteiger partial charge on any atom is -0.445 e. The van der Waals surface area contributed by atoms with Crippen molar-refractivity contribution in [2.45, 2.75) is 24.4 Å². The summed E-state index contributed by atoms with van der Waals surface area (Å²) in [5, 5.41) is 10.0. The van der Waals surface area contributed by atoms with E-state index in [1.54, 1.807) is 0 Å². The van der Waals surface area contributed by atoms with Crippen molar-refractivity contribution < 1.29 is 40.0 Å². The molecule has 0 unspecified atom stereocenters. The summed E-state index contributed by atoms with van der Waals surface area (Å²) in [5.74, 6) is -2.84. The largest absolute Gasteiger partial charge is 0.471 e. The van der Waals surface area contributed by atoms with E-state index in [9.17, 15) is 30.8 Å². The van der Waals surface area contributed by atoms with Crippen LogP contribution in [0.4, 0.5) is 22.4 Å². The highest BCUT2D eigenvalue weighted by Crippen LogP contribution is 2.29. The molecule has 15 heteroatoms. The number of nitrogens with one attached hydrogen (secondary N) is 1. The van der Waals surface area contributed by atoms with E-state index < -0.39 is 39.8 Å². The number of hydrogen-bond donors (Lipinski definition) is 2. The number of hydrogen-bond acceptors (Lipinski definition) is 8. The van der Waals surface area contributed by atoms with Crippen molar-refractivity contribution in [2.24, 2.45) is 5.14 Å². The van der Waals surface area contributed by atoms with Crippen LogP contribution in [0.15, 0.2) is 46.1 Å². The van der Waals surface area contributed by atoms with Crippen molar-refractivity contribution in [3.63, 3.8) is 0 Å². The first-order valence-corrected chi connectivity index (χ1v) is 10.1. The maximum atomic E-state index is 14.2. The van der Waals surface area contributed by atoms with Gasteiger partial charge in [0, 0.05) is 29.4 Å². The number of halogens is 4. The highest BCUT2D eigenvalue weighted by molar-refractivity contribution is 7.89. The van der Waals surface area contributed by atoms with E-state index in [0.717, 1.165) is 18.3 Å². The van der Waals surface area contributed by atoms with E-state index in [1.807, 2.05) is 0 Å². The molecular formula is C17H13F4N5O5S.